The molecule has 1 fully saturated rings. The van der Waals surface area contributed by atoms with Crippen LogP contribution in [0.2, 0.25) is 0 Å². The number of benzene rings is 1. The minimum Gasteiger partial charge on any atom is -0.497 e. The van der Waals surface area contributed by atoms with Crippen LogP contribution in [0, 0.1) is 0 Å². The summed E-state index contributed by atoms with van der Waals surface area (Å²) in [6.45, 7) is 5.61. The minimum absolute atomic E-state index is 0.0284. The first-order chi connectivity index (χ1) is 13.0. The van der Waals surface area contributed by atoms with Crippen molar-refractivity contribution in [2.75, 3.05) is 50.5 Å². The highest BCUT2D eigenvalue weighted by Crippen LogP contribution is 2.19. The van der Waals surface area contributed by atoms with E-state index in [2.05, 4.69) is 21.8 Å². The Kier molecular flexibility index (Phi) is 6.41. The van der Waals surface area contributed by atoms with Crippen LogP contribution >= 0.6 is 0 Å². The average molecular weight is 395 g/mol. The van der Waals surface area contributed by atoms with Gasteiger partial charge in [0.2, 0.25) is 10.0 Å². The zero-order valence-electron chi connectivity index (χ0n) is 15.8. The van der Waals surface area contributed by atoms with Gasteiger partial charge in [-0.3, -0.25) is 0 Å². The monoisotopic (exact) mass is 394 g/mol. The van der Waals surface area contributed by atoms with Crippen LogP contribution in [0.25, 0.3) is 0 Å². The second-order valence-electron chi connectivity index (χ2n) is 6.66. The highest BCUT2D eigenvalue weighted by molar-refractivity contribution is 7.89. The van der Waals surface area contributed by atoms with Crippen molar-refractivity contribution >= 4 is 15.7 Å². The van der Waals surface area contributed by atoms with E-state index in [1.54, 1.807) is 20.3 Å². The lowest BCUT2D eigenvalue weighted by molar-refractivity contribution is -0.931. The van der Waals surface area contributed by atoms with Gasteiger partial charge in [-0.1, -0.05) is 0 Å². The van der Waals surface area contributed by atoms with E-state index in [1.165, 1.54) is 10.6 Å². The summed E-state index contributed by atoms with van der Waals surface area (Å²) in [5, 5.41) is 0. The standard InChI is InChI=1S/C19H27N3O4S/c1-3-27(23,24)20-15-18(19-5-4-14-26-19)22-12-10-21(11-13-22)16-6-8-17(25-2)9-7-16/h4-9,14,18,20H,3,10-13,15H2,1-2H3/p+1/t18-/m1/s1. The molecule has 0 spiro atoms. The molecule has 27 heavy (non-hydrogen) atoms. The van der Waals surface area contributed by atoms with E-state index in [9.17, 15) is 8.42 Å². The van der Waals surface area contributed by atoms with Crippen LogP contribution in [-0.4, -0.2) is 54.0 Å². The van der Waals surface area contributed by atoms with Gasteiger partial charge in [0, 0.05) is 5.69 Å². The minimum atomic E-state index is -3.23. The Bertz CT molecular complexity index is 798. The van der Waals surface area contributed by atoms with Crippen molar-refractivity contribution in [2.24, 2.45) is 0 Å². The summed E-state index contributed by atoms with van der Waals surface area (Å²) in [7, 11) is -1.57. The summed E-state index contributed by atoms with van der Waals surface area (Å²) in [5.41, 5.74) is 1.18. The van der Waals surface area contributed by atoms with Gasteiger partial charge in [0.1, 0.15) is 5.75 Å². The Balaban J connectivity index is 1.65. The molecular weight excluding hydrogens is 366 g/mol. The summed E-state index contributed by atoms with van der Waals surface area (Å²) < 4.78 is 37.3. The van der Waals surface area contributed by atoms with Crippen LogP contribution in [0.4, 0.5) is 5.69 Å². The molecule has 1 aliphatic rings. The van der Waals surface area contributed by atoms with Gasteiger partial charge in [-0.2, -0.15) is 0 Å². The van der Waals surface area contributed by atoms with Crippen molar-refractivity contribution < 1.29 is 22.5 Å². The molecule has 0 amide bonds. The lowest BCUT2D eigenvalue weighted by atomic mass is 10.1. The first kappa shape index (κ1) is 19.7. The number of anilines is 1. The SMILES string of the molecule is CCS(=O)(=O)NC[C@H](c1ccco1)[NH+]1CCN(c2ccc(OC)cc2)CC1. The second kappa shape index (κ2) is 8.77. The third-order valence-electron chi connectivity index (χ3n) is 5.11. The fourth-order valence-corrected chi connectivity index (χ4v) is 4.07. The fraction of sp³-hybridized carbons (Fsp3) is 0.474. The fourth-order valence-electron chi connectivity index (χ4n) is 3.44. The van der Waals surface area contributed by atoms with E-state index in [-0.39, 0.29) is 11.8 Å². The molecule has 1 aliphatic heterocycles. The largest absolute Gasteiger partial charge is 0.497 e. The summed E-state index contributed by atoms with van der Waals surface area (Å²) in [6, 6.07) is 11.8. The van der Waals surface area contributed by atoms with Gasteiger partial charge >= 0.3 is 0 Å². The van der Waals surface area contributed by atoms with Crippen molar-refractivity contribution in [2.45, 2.75) is 13.0 Å². The molecule has 2 N–H and O–H groups in total. The molecule has 2 heterocycles. The maximum atomic E-state index is 11.9. The van der Waals surface area contributed by atoms with Gasteiger partial charge in [-0.15, -0.1) is 0 Å². The summed E-state index contributed by atoms with van der Waals surface area (Å²) in [6.07, 6.45) is 1.64. The highest BCUT2D eigenvalue weighted by Gasteiger charge is 2.31. The van der Waals surface area contributed by atoms with Crippen molar-refractivity contribution in [3.05, 3.63) is 48.4 Å². The second-order valence-corrected chi connectivity index (χ2v) is 8.76. The molecule has 0 radical (unpaired) electrons. The summed E-state index contributed by atoms with van der Waals surface area (Å²) in [5.74, 6) is 1.75. The smallest absolute Gasteiger partial charge is 0.211 e. The topological polar surface area (TPSA) is 76.2 Å². The molecule has 0 saturated carbocycles. The van der Waals surface area contributed by atoms with Crippen LogP contribution in [0.15, 0.2) is 47.1 Å². The zero-order chi connectivity index (χ0) is 19.3. The van der Waals surface area contributed by atoms with Gasteiger partial charge < -0.3 is 19.0 Å². The maximum absolute atomic E-state index is 11.9. The molecule has 7 nitrogen and oxygen atoms in total. The predicted molar refractivity (Wildman–Crippen MR) is 105 cm³/mol. The van der Waals surface area contributed by atoms with Gasteiger partial charge in [-0.05, 0) is 43.3 Å². The molecule has 0 aliphatic carbocycles. The number of methoxy groups -OCH3 is 1. The third-order valence-corrected chi connectivity index (χ3v) is 6.48. The molecule has 1 aromatic carbocycles. The zero-order valence-corrected chi connectivity index (χ0v) is 16.7. The van der Waals surface area contributed by atoms with Gasteiger partial charge in [0.25, 0.3) is 0 Å². The number of nitrogens with one attached hydrogen (secondary N) is 2. The van der Waals surface area contributed by atoms with E-state index in [4.69, 9.17) is 9.15 Å². The van der Waals surface area contributed by atoms with E-state index >= 15 is 0 Å². The number of hydrogen-bond acceptors (Lipinski definition) is 5. The maximum Gasteiger partial charge on any atom is 0.211 e. The highest BCUT2D eigenvalue weighted by atomic mass is 32.2. The summed E-state index contributed by atoms with van der Waals surface area (Å²) in [4.78, 5) is 3.67. The Morgan fingerprint density at radius 2 is 1.93 bits per heavy atom. The molecule has 1 atom stereocenters. The van der Waals surface area contributed by atoms with Crippen LogP contribution in [0.5, 0.6) is 5.75 Å². The molecule has 0 unspecified atom stereocenters. The van der Waals surface area contributed by atoms with E-state index < -0.39 is 10.0 Å². The number of rotatable bonds is 8. The predicted octanol–water partition coefficient (Wildman–Crippen LogP) is 0.674. The Hall–Kier alpha value is -2.03. The Labute approximate surface area is 161 Å². The first-order valence-electron chi connectivity index (χ1n) is 9.26. The molecule has 1 saturated heterocycles. The normalized spacial score (nSPS) is 17.0. The number of hydrogen-bond donors (Lipinski definition) is 2. The van der Waals surface area contributed by atoms with Gasteiger partial charge in [0.15, 0.2) is 11.8 Å². The molecule has 2 aromatic rings. The van der Waals surface area contributed by atoms with E-state index in [1.807, 2.05) is 24.3 Å². The lowest BCUT2D eigenvalue weighted by Gasteiger charge is -2.37. The van der Waals surface area contributed by atoms with Crippen molar-refractivity contribution in [1.82, 2.24) is 4.72 Å². The Morgan fingerprint density at radius 1 is 1.22 bits per heavy atom. The lowest BCUT2D eigenvalue weighted by Crippen LogP contribution is -3.15. The van der Waals surface area contributed by atoms with Crippen LogP contribution in [-0.2, 0) is 10.0 Å². The van der Waals surface area contributed by atoms with E-state index in [0.29, 0.717) is 6.54 Å². The van der Waals surface area contributed by atoms with Crippen molar-refractivity contribution in [3.63, 3.8) is 0 Å². The molecule has 1 aromatic heterocycles. The number of ether oxygens (including phenoxy) is 1. The molecule has 8 heteroatoms. The number of piperazine rings is 1. The number of sulfonamides is 1. The van der Waals surface area contributed by atoms with Crippen molar-refractivity contribution in [3.8, 4) is 5.75 Å². The molecular formula is C19H28N3O4S+. The third kappa shape index (κ3) is 5.03. The van der Waals surface area contributed by atoms with E-state index in [0.717, 1.165) is 37.7 Å². The van der Waals surface area contributed by atoms with Crippen LogP contribution in [0.3, 0.4) is 0 Å². The Morgan fingerprint density at radius 3 is 2.48 bits per heavy atom. The van der Waals surface area contributed by atoms with Crippen LogP contribution in [0.1, 0.15) is 18.7 Å². The molecule has 148 valence electrons. The quantitative estimate of drug-likeness (QED) is 0.688. The number of nitrogens with zero attached hydrogens (tertiary/aromatic N) is 1. The van der Waals surface area contributed by atoms with Crippen molar-refractivity contribution in [1.29, 1.82) is 0 Å². The van der Waals surface area contributed by atoms with Gasteiger partial charge in [-0.25, -0.2) is 13.1 Å². The number of quaternary nitrogens is 1. The van der Waals surface area contributed by atoms with Crippen LogP contribution < -0.4 is 19.3 Å². The number of furan rings is 1. The summed E-state index contributed by atoms with van der Waals surface area (Å²) >= 11 is 0. The first-order valence-corrected chi connectivity index (χ1v) is 10.9. The molecule has 0 bridgehead atoms. The van der Waals surface area contributed by atoms with Gasteiger partial charge in [0.05, 0.1) is 51.8 Å². The average Bonchev–Trinajstić information content (AvgIpc) is 3.23. The molecule has 3 rings (SSSR count).